The Morgan fingerprint density at radius 3 is 1.64 bits per heavy atom. The molecule has 0 aliphatic rings. The van der Waals surface area contributed by atoms with E-state index in [9.17, 15) is 0 Å². The van der Waals surface area contributed by atoms with Crippen molar-refractivity contribution < 1.29 is 10.2 Å². The lowest BCUT2D eigenvalue weighted by Gasteiger charge is -2.32. The molecule has 0 fully saturated rings. The van der Waals surface area contributed by atoms with Crippen LogP contribution >= 0.6 is 0 Å². The van der Waals surface area contributed by atoms with Crippen molar-refractivity contribution >= 4 is 0 Å². The molecule has 0 aliphatic heterocycles. The average molecular weight is 160 g/mol. The Morgan fingerprint density at radius 2 is 1.45 bits per heavy atom. The van der Waals surface area contributed by atoms with Gasteiger partial charge in [-0.3, -0.25) is 0 Å². The van der Waals surface area contributed by atoms with Gasteiger partial charge < -0.3 is 10.2 Å². The molecule has 0 aliphatic carbocycles. The van der Waals surface area contributed by atoms with Crippen molar-refractivity contribution in [2.75, 3.05) is 13.2 Å². The molecule has 0 saturated carbocycles. The molecule has 0 heterocycles. The number of hydrogen-bond acceptors (Lipinski definition) is 2. The van der Waals surface area contributed by atoms with Crippen molar-refractivity contribution in [2.45, 2.75) is 33.6 Å². The van der Waals surface area contributed by atoms with Crippen molar-refractivity contribution in [3.63, 3.8) is 0 Å². The van der Waals surface area contributed by atoms with E-state index in [0.29, 0.717) is 5.92 Å². The van der Waals surface area contributed by atoms with E-state index in [0.717, 1.165) is 12.8 Å². The molecule has 0 saturated heterocycles. The molecule has 0 atom stereocenters. The highest BCUT2D eigenvalue weighted by Gasteiger charge is 2.26. The Hall–Kier alpha value is -0.0800. The van der Waals surface area contributed by atoms with E-state index in [4.69, 9.17) is 10.2 Å². The van der Waals surface area contributed by atoms with Gasteiger partial charge in [-0.2, -0.15) is 0 Å². The quantitative estimate of drug-likeness (QED) is 0.638. The van der Waals surface area contributed by atoms with Crippen LogP contribution in [-0.4, -0.2) is 23.4 Å². The van der Waals surface area contributed by atoms with E-state index >= 15 is 0 Å². The van der Waals surface area contributed by atoms with E-state index in [1.807, 2.05) is 0 Å². The average Bonchev–Trinajstić information content (AvgIpc) is 1.88. The van der Waals surface area contributed by atoms with Crippen LogP contribution in [-0.2, 0) is 0 Å². The van der Waals surface area contributed by atoms with E-state index < -0.39 is 0 Å². The maximum Gasteiger partial charge on any atom is 0.0436 e. The minimum Gasteiger partial charge on any atom is -0.396 e. The summed E-state index contributed by atoms with van der Waals surface area (Å²) in [5, 5.41) is 17.6. The second-order valence-electron chi connectivity index (χ2n) is 3.76. The zero-order valence-corrected chi connectivity index (χ0v) is 7.80. The fourth-order valence-electron chi connectivity index (χ4n) is 1.21. The predicted molar refractivity (Wildman–Crippen MR) is 46.4 cm³/mol. The predicted octanol–water partition coefficient (Wildman–Crippen LogP) is 1.41. The summed E-state index contributed by atoms with van der Waals surface area (Å²) in [6, 6.07) is 0. The number of hydrogen-bond donors (Lipinski definition) is 2. The molecule has 0 amide bonds. The molecule has 0 aromatic rings. The summed E-state index contributed by atoms with van der Waals surface area (Å²) in [5.41, 5.74) is 0.101. The molecule has 11 heavy (non-hydrogen) atoms. The molecule has 0 spiro atoms. The van der Waals surface area contributed by atoms with Crippen molar-refractivity contribution in [1.82, 2.24) is 0 Å². The van der Waals surface area contributed by atoms with Gasteiger partial charge in [0.25, 0.3) is 0 Å². The van der Waals surface area contributed by atoms with E-state index in [-0.39, 0.29) is 18.6 Å². The Morgan fingerprint density at radius 1 is 1.09 bits per heavy atom. The zero-order chi connectivity index (χ0) is 8.91. The van der Waals surface area contributed by atoms with E-state index in [1.54, 1.807) is 0 Å². The summed E-state index contributed by atoms with van der Waals surface area (Å²) in [6.45, 7) is 6.81. The lowest BCUT2D eigenvalue weighted by Crippen LogP contribution is -2.26. The normalized spacial score (nSPS) is 12.5. The van der Waals surface area contributed by atoms with Gasteiger partial charge in [-0.1, -0.05) is 20.8 Å². The Balaban J connectivity index is 4.01. The van der Waals surface area contributed by atoms with E-state index in [1.165, 1.54) is 0 Å². The third kappa shape index (κ3) is 3.21. The summed E-state index contributed by atoms with van der Waals surface area (Å²) in [5.74, 6) is 0.516. The van der Waals surface area contributed by atoms with Crippen LogP contribution in [0.3, 0.4) is 0 Å². The van der Waals surface area contributed by atoms with Crippen LogP contribution in [0.1, 0.15) is 33.6 Å². The molecule has 0 aromatic carbocycles. The Labute approximate surface area is 69.2 Å². The van der Waals surface area contributed by atoms with E-state index in [2.05, 4.69) is 20.8 Å². The summed E-state index contributed by atoms with van der Waals surface area (Å²) < 4.78 is 0. The van der Waals surface area contributed by atoms with Gasteiger partial charge >= 0.3 is 0 Å². The molecule has 68 valence electrons. The highest BCUT2D eigenvalue weighted by molar-refractivity contribution is 4.76. The van der Waals surface area contributed by atoms with Gasteiger partial charge in [0.1, 0.15) is 0 Å². The zero-order valence-electron chi connectivity index (χ0n) is 7.80. The molecule has 2 N–H and O–H groups in total. The molecule has 0 aromatic heterocycles. The summed E-state index contributed by atoms with van der Waals surface area (Å²) in [4.78, 5) is 0. The van der Waals surface area contributed by atoms with Gasteiger partial charge in [-0.25, -0.2) is 0 Å². The summed E-state index contributed by atoms with van der Waals surface area (Å²) in [7, 11) is 0. The van der Waals surface area contributed by atoms with Gasteiger partial charge in [0, 0.05) is 13.2 Å². The standard InChI is InChI=1S/C9H20O2/c1-8(2)9(3,4-6-10)5-7-11/h8,10-11H,4-7H2,1-3H3. The summed E-state index contributed by atoms with van der Waals surface area (Å²) in [6.07, 6.45) is 1.57. The minimum absolute atomic E-state index is 0.101. The third-order valence-corrected chi connectivity index (χ3v) is 2.76. The Bertz CT molecular complexity index is 93.7. The highest BCUT2D eigenvalue weighted by Crippen LogP contribution is 2.33. The topological polar surface area (TPSA) is 40.5 Å². The van der Waals surface area contributed by atoms with Crippen LogP contribution in [0.5, 0.6) is 0 Å². The monoisotopic (exact) mass is 160 g/mol. The molecular formula is C9H20O2. The highest BCUT2D eigenvalue weighted by atomic mass is 16.3. The first-order valence-electron chi connectivity index (χ1n) is 4.28. The molecule has 0 bridgehead atoms. The second-order valence-corrected chi connectivity index (χ2v) is 3.76. The molecule has 2 heteroatoms. The molecular weight excluding hydrogens is 140 g/mol. The van der Waals surface area contributed by atoms with Gasteiger partial charge in [-0.05, 0) is 24.2 Å². The van der Waals surface area contributed by atoms with Crippen molar-refractivity contribution in [2.24, 2.45) is 11.3 Å². The SMILES string of the molecule is CC(C)C(C)(CCO)CCO. The summed E-state index contributed by atoms with van der Waals surface area (Å²) >= 11 is 0. The van der Waals surface area contributed by atoms with Crippen molar-refractivity contribution in [1.29, 1.82) is 0 Å². The van der Waals surface area contributed by atoms with Gasteiger partial charge in [0.15, 0.2) is 0 Å². The van der Waals surface area contributed by atoms with Crippen LogP contribution in [0.15, 0.2) is 0 Å². The first kappa shape index (κ1) is 10.9. The van der Waals surface area contributed by atoms with Crippen molar-refractivity contribution in [3.8, 4) is 0 Å². The van der Waals surface area contributed by atoms with Crippen LogP contribution < -0.4 is 0 Å². The smallest absolute Gasteiger partial charge is 0.0436 e. The van der Waals surface area contributed by atoms with Crippen LogP contribution in [0.25, 0.3) is 0 Å². The number of rotatable bonds is 5. The van der Waals surface area contributed by atoms with Crippen LogP contribution in [0, 0.1) is 11.3 Å². The second kappa shape index (κ2) is 4.73. The van der Waals surface area contributed by atoms with Crippen LogP contribution in [0.2, 0.25) is 0 Å². The lowest BCUT2D eigenvalue weighted by molar-refractivity contribution is 0.105. The van der Waals surface area contributed by atoms with Crippen molar-refractivity contribution in [3.05, 3.63) is 0 Å². The first-order chi connectivity index (χ1) is 5.06. The molecule has 0 radical (unpaired) electrons. The fraction of sp³-hybridized carbons (Fsp3) is 1.00. The van der Waals surface area contributed by atoms with Crippen LogP contribution in [0.4, 0.5) is 0 Å². The number of aliphatic hydroxyl groups excluding tert-OH is 2. The maximum absolute atomic E-state index is 8.80. The third-order valence-electron chi connectivity index (χ3n) is 2.76. The first-order valence-corrected chi connectivity index (χ1v) is 4.28. The van der Waals surface area contributed by atoms with Gasteiger partial charge in [0.2, 0.25) is 0 Å². The molecule has 2 nitrogen and oxygen atoms in total. The Kier molecular flexibility index (Phi) is 4.69. The fourth-order valence-corrected chi connectivity index (χ4v) is 1.21. The van der Waals surface area contributed by atoms with Gasteiger partial charge in [0.05, 0.1) is 0 Å². The maximum atomic E-state index is 8.80. The minimum atomic E-state index is 0.101. The van der Waals surface area contributed by atoms with Gasteiger partial charge in [-0.15, -0.1) is 0 Å². The lowest BCUT2D eigenvalue weighted by atomic mass is 9.74. The number of aliphatic hydroxyl groups is 2. The largest absolute Gasteiger partial charge is 0.396 e. The molecule has 0 rings (SSSR count). The molecule has 0 unspecified atom stereocenters.